The molecule has 2 amide bonds. The molecule has 9 heteroatoms. The number of carbonyl (C=O) groups is 1. The van der Waals surface area contributed by atoms with Gasteiger partial charge in [-0.25, -0.2) is 9.18 Å². The summed E-state index contributed by atoms with van der Waals surface area (Å²) in [6.45, 7) is 3.99. The van der Waals surface area contributed by atoms with Crippen LogP contribution in [-0.2, 0) is 0 Å². The Kier molecular flexibility index (Phi) is 6.03. The average Bonchev–Trinajstić information content (AvgIpc) is 2.77. The molecule has 3 aromatic rings. The van der Waals surface area contributed by atoms with Gasteiger partial charge >= 0.3 is 6.03 Å². The number of hydrogen-bond acceptors (Lipinski definition) is 4. The van der Waals surface area contributed by atoms with Crippen molar-refractivity contribution in [2.75, 3.05) is 36.4 Å². The number of halogens is 2. The maximum atomic E-state index is 14.0. The van der Waals surface area contributed by atoms with E-state index in [0.717, 1.165) is 5.56 Å². The van der Waals surface area contributed by atoms with Crippen molar-refractivity contribution in [1.29, 1.82) is 0 Å². The Labute approximate surface area is 187 Å². The predicted molar refractivity (Wildman–Crippen MR) is 121 cm³/mol. The lowest BCUT2D eigenvalue weighted by molar-refractivity contribution is 0.208. The quantitative estimate of drug-likeness (QED) is 0.612. The summed E-state index contributed by atoms with van der Waals surface area (Å²) in [6.07, 6.45) is 0. The highest BCUT2D eigenvalue weighted by molar-refractivity contribution is 9.10. The number of aromatic nitrogens is 2. The van der Waals surface area contributed by atoms with Crippen LogP contribution in [0.4, 0.5) is 20.7 Å². The SMILES string of the molecule is Cc1ccc(-n2nc(N3CCN(C(=O)Nc4ccc(Br)cc4F)CC3)ccc2=O)cc1. The van der Waals surface area contributed by atoms with E-state index in [0.29, 0.717) is 42.2 Å². The van der Waals surface area contributed by atoms with Crippen LogP contribution in [0.25, 0.3) is 5.69 Å². The van der Waals surface area contributed by atoms with E-state index in [4.69, 9.17) is 0 Å². The lowest BCUT2D eigenvalue weighted by Gasteiger charge is -2.35. The molecular formula is C22H21BrFN5O2. The molecule has 1 saturated heterocycles. The number of hydrogen-bond donors (Lipinski definition) is 1. The second kappa shape index (κ2) is 8.89. The molecule has 0 bridgehead atoms. The van der Waals surface area contributed by atoms with Gasteiger partial charge in [0.1, 0.15) is 11.6 Å². The van der Waals surface area contributed by atoms with Crippen molar-refractivity contribution in [3.05, 3.63) is 80.8 Å². The highest BCUT2D eigenvalue weighted by Gasteiger charge is 2.23. The topological polar surface area (TPSA) is 70.5 Å². The summed E-state index contributed by atoms with van der Waals surface area (Å²) in [5.41, 5.74) is 1.74. The van der Waals surface area contributed by atoms with E-state index in [1.807, 2.05) is 36.1 Å². The third-order valence-corrected chi connectivity index (χ3v) is 5.62. The summed E-state index contributed by atoms with van der Waals surface area (Å²) in [7, 11) is 0. The van der Waals surface area contributed by atoms with E-state index in [1.54, 1.807) is 17.0 Å². The minimum atomic E-state index is -0.496. The molecule has 1 aliphatic heterocycles. The lowest BCUT2D eigenvalue weighted by atomic mass is 10.2. The number of urea groups is 1. The number of piperazine rings is 1. The molecule has 4 rings (SSSR count). The molecule has 1 aliphatic rings. The van der Waals surface area contributed by atoms with Crippen molar-refractivity contribution in [1.82, 2.24) is 14.7 Å². The minimum absolute atomic E-state index is 0.141. The molecule has 0 radical (unpaired) electrons. The van der Waals surface area contributed by atoms with Gasteiger partial charge in [0.15, 0.2) is 0 Å². The number of nitrogens with zero attached hydrogens (tertiary/aromatic N) is 4. The number of amides is 2. The van der Waals surface area contributed by atoms with Crippen LogP contribution >= 0.6 is 15.9 Å². The lowest BCUT2D eigenvalue weighted by Crippen LogP contribution is -2.50. The average molecular weight is 486 g/mol. The molecule has 31 heavy (non-hydrogen) atoms. The first-order valence-corrected chi connectivity index (χ1v) is 10.6. The van der Waals surface area contributed by atoms with E-state index in [9.17, 15) is 14.0 Å². The summed E-state index contributed by atoms with van der Waals surface area (Å²) in [5, 5.41) is 7.13. The Balaban J connectivity index is 1.43. The van der Waals surface area contributed by atoms with Crippen molar-refractivity contribution in [3.63, 3.8) is 0 Å². The molecule has 0 saturated carbocycles. The van der Waals surface area contributed by atoms with Gasteiger partial charge in [0.25, 0.3) is 5.56 Å². The molecule has 160 valence electrons. The maximum absolute atomic E-state index is 14.0. The van der Waals surface area contributed by atoms with Crippen LogP contribution in [0.2, 0.25) is 0 Å². The first kappa shape index (κ1) is 21.0. The van der Waals surface area contributed by atoms with Gasteiger partial charge in [0.05, 0.1) is 11.4 Å². The smallest absolute Gasteiger partial charge is 0.322 e. The van der Waals surface area contributed by atoms with Crippen LogP contribution in [0.1, 0.15) is 5.56 Å². The second-order valence-corrected chi connectivity index (χ2v) is 8.22. The van der Waals surface area contributed by atoms with Crippen LogP contribution in [0, 0.1) is 12.7 Å². The number of rotatable bonds is 3. The summed E-state index contributed by atoms with van der Waals surface area (Å²) < 4.78 is 16.0. The Bertz CT molecular complexity index is 1160. The summed E-state index contributed by atoms with van der Waals surface area (Å²) in [5.74, 6) is 0.170. The molecule has 2 aromatic carbocycles. The number of aryl methyl sites for hydroxylation is 1. The fraction of sp³-hybridized carbons (Fsp3) is 0.227. The Morgan fingerprint density at radius 2 is 1.74 bits per heavy atom. The summed E-state index contributed by atoms with van der Waals surface area (Å²) >= 11 is 3.20. The number of anilines is 2. The van der Waals surface area contributed by atoms with Gasteiger partial charge in [-0.1, -0.05) is 33.6 Å². The van der Waals surface area contributed by atoms with Crippen LogP contribution in [0.3, 0.4) is 0 Å². The van der Waals surface area contributed by atoms with Gasteiger partial charge in [0, 0.05) is 36.7 Å². The predicted octanol–water partition coefficient (Wildman–Crippen LogP) is 3.80. The summed E-state index contributed by atoms with van der Waals surface area (Å²) in [6, 6.07) is 14.9. The number of benzene rings is 2. The fourth-order valence-corrected chi connectivity index (χ4v) is 3.70. The van der Waals surface area contributed by atoms with Crippen LogP contribution < -0.4 is 15.8 Å². The van der Waals surface area contributed by atoms with Gasteiger partial charge in [-0.15, -0.1) is 5.10 Å². The number of nitrogens with one attached hydrogen (secondary N) is 1. The van der Waals surface area contributed by atoms with Crippen LogP contribution in [-0.4, -0.2) is 46.9 Å². The molecule has 1 fully saturated rings. The molecular weight excluding hydrogens is 465 g/mol. The standard InChI is InChI=1S/C22H21BrFN5O2/c1-15-2-5-17(6-3-15)29-21(30)9-8-20(26-29)27-10-12-28(13-11-27)22(31)25-19-7-4-16(23)14-18(19)24/h2-9,14H,10-13H2,1H3,(H,25,31). The maximum Gasteiger partial charge on any atom is 0.322 e. The third-order valence-electron chi connectivity index (χ3n) is 5.13. The van der Waals surface area contributed by atoms with E-state index >= 15 is 0 Å². The molecule has 7 nitrogen and oxygen atoms in total. The van der Waals surface area contributed by atoms with Crippen molar-refractivity contribution < 1.29 is 9.18 Å². The van der Waals surface area contributed by atoms with Crippen LogP contribution in [0.5, 0.6) is 0 Å². The Morgan fingerprint density at radius 3 is 2.42 bits per heavy atom. The highest BCUT2D eigenvalue weighted by atomic mass is 79.9. The van der Waals surface area contributed by atoms with Crippen molar-refractivity contribution >= 4 is 33.5 Å². The van der Waals surface area contributed by atoms with Gasteiger partial charge in [-0.3, -0.25) is 4.79 Å². The largest absolute Gasteiger partial charge is 0.352 e. The Morgan fingerprint density at radius 1 is 1.03 bits per heavy atom. The molecule has 0 spiro atoms. The molecule has 0 unspecified atom stereocenters. The zero-order valence-electron chi connectivity index (χ0n) is 16.9. The van der Waals surface area contributed by atoms with Crippen molar-refractivity contribution in [2.24, 2.45) is 0 Å². The van der Waals surface area contributed by atoms with E-state index in [2.05, 4.69) is 26.3 Å². The fourth-order valence-electron chi connectivity index (χ4n) is 3.36. The van der Waals surface area contributed by atoms with Crippen LogP contribution in [0.15, 0.2) is 63.9 Å². The van der Waals surface area contributed by atoms with Crippen molar-refractivity contribution in [2.45, 2.75) is 6.92 Å². The van der Waals surface area contributed by atoms with Gasteiger partial charge < -0.3 is 15.1 Å². The number of carbonyl (C=O) groups excluding carboxylic acids is 1. The minimum Gasteiger partial charge on any atom is -0.352 e. The second-order valence-electron chi connectivity index (χ2n) is 7.31. The van der Waals surface area contributed by atoms with E-state index < -0.39 is 5.82 Å². The highest BCUT2D eigenvalue weighted by Crippen LogP contribution is 2.20. The molecule has 2 heterocycles. The van der Waals surface area contributed by atoms with E-state index in [-0.39, 0.29) is 17.3 Å². The van der Waals surface area contributed by atoms with Crippen molar-refractivity contribution in [3.8, 4) is 5.69 Å². The summed E-state index contributed by atoms with van der Waals surface area (Å²) in [4.78, 5) is 28.5. The van der Waals surface area contributed by atoms with E-state index in [1.165, 1.54) is 22.9 Å². The van der Waals surface area contributed by atoms with Gasteiger partial charge in [0.2, 0.25) is 0 Å². The normalized spacial score (nSPS) is 13.9. The monoisotopic (exact) mass is 485 g/mol. The Hall–Kier alpha value is -3.20. The zero-order chi connectivity index (χ0) is 22.0. The van der Waals surface area contributed by atoms with Gasteiger partial charge in [-0.05, 0) is 43.3 Å². The first-order chi connectivity index (χ1) is 14.9. The zero-order valence-corrected chi connectivity index (χ0v) is 18.5. The molecule has 1 N–H and O–H groups in total. The molecule has 0 aliphatic carbocycles. The van der Waals surface area contributed by atoms with Gasteiger partial charge in [-0.2, -0.15) is 4.68 Å². The molecule has 0 atom stereocenters. The first-order valence-electron chi connectivity index (χ1n) is 9.84. The third kappa shape index (κ3) is 4.77. The molecule has 1 aromatic heterocycles.